The average molecular weight is 258 g/mol. The van der Waals surface area contributed by atoms with Crippen molar-refractivity contribution in [3.05, 3.63) is 0 Å². The molecule has 0 bridgehead atoms. The highest BCUT2D eigenvalue weighted by Gasteiger charge is 2.21. The van der Waals surface area contributed by atoms with Gasteiger partial charge < -0.3 is 19.7 Å². The first-order valence-corrected chi connectivity index (χ1v) is 7.36. The van der Waals surface area contributed by atoms with Crippen LogP contribution in [0, 0.1) is 0 Å². The summed E-state index contributed by atoms with van der Waals surface area (Å²) < 4.78 is 11.0. The Kier molecular flexibility index (Phi) is 8.59. The van der Waals surface area contributed by atoms with E-state index < -0.39 is 0 Å². The summed E-state index contributed by atoms with van der Waals surface area (Å²) in [6, 6.07) is 0.457. The Bertz CT molecular complexity index is 194. The molecule has 1 aliphatic rings. The van der Waals surface area contributed by atoms with Crippen LogP contribution in [0.15, 0.2) is 0 Å². The van der Waals surface area contributed by atoms with Crippen LogP contribution in [0.4, 0.5) is 0 Å². The van der Waals surface area contributed by atoms with Gasteiger partial charge in [0.05, 0.1) is 12.7 Å². The monoisotopic (exact) mass is 258 g/mol. The molecule has 0 radical (unpaired) electrons. The van der Waals surface area contributed by atoms with Crippen molar-refractivity contribution in [2.45, 2.75) is 45.3 Å². The van der Waals surface area contributed by atoms with Crippen molar-refractivity contribution < 1.29 is 9.47 Å². The molecule has 1 unspecified atom stereocenters. The Morgan fingerprint density at radius 2 is 2.00 bits per heavy atom. The number of nitrogens with zero attached hydrogens (tertiary/aromatic N) is 1. The number of methoxy groups -OCH3 is 1. The molecule has 0 spiro atoms. The third kappa shape index (κ3) is 6.14. The Balaban J connectivity index is 2.23. The number of piperidine rings is 1. The summed E-state index contributed by atoms with van der Waals surface area (Å²) in [6.45, 7) is 10.4. The molecule has 4 heteroatoms. The number of ether oxygens (including phenoxy) is 2. The Morgan fingerprint density at radius 1 is 1.28 bits per heavy atom. The van der Waals surface area contributed by atoms with Gasteiger partial charge >= 0.3 is 0 Å². The quantitative estimate of drug-likeness (QED) is 0.679. The van der Waals surface area contributed by atoms with Gasteiger partial charge in [-0.15, -0.1) is 0 Å². The summed E-state index contributed by atoms with van der Waals surface area (Å²) in [7, 11) is 1.78. The zero-order valence-corrected chi connectivity index (χ0v) is 12.3. The molecule has 1 N–H and O–H groups in total. The molecule has 1 atom stereocenters. The van der Waals surface area contributed by atoms with E-state index in [0.29, 0.717) is 12.1 Å². The first-order valence-electron chi connectivity index (χ1n) is 7.36. The summed E-state index contributed by atoms with van der Waals surface area (Å²) in [4.78, 5) is 2.53. The van der Waals surface area contributed by atoms with Gasteiger partial charge in [-0.1, -0.05) is 6.92 Å². The molecule has 1 saturated heterocycles. The van der Waals surface area contributed by atoms with Crippen LogP contribution in [-0.2, 0) is 9.47 Å². The molecule has 1 fully saturated rings. The zero-order chi connectivity index (χ0) is 13.2. The highest BCUT2D eigenvalue weighted by molar-refractivity contribution is 4.77. The predicted octanol–water partition coefficient (Wildman–Crippen LogP) is 1.50. The number of nitrogens with one attached hydrogen (secondary N) is 1. The number of hydrogen-bond donors (Lipinski definition) is 1. The lowest BCUT2D eigenvalue weighted by molar-refractivity contribution is 0.0101. The maximum Gasteiger partial charge on any atom is 0.0628 e. The van der Waals surface area contributed by atoms with E-state index >= 15 is 0 Å². The molecule has 0 aromatic carbocycles. The first kappa shape index (κ1) is 15.9. The van der Waals surface area contributed by atoms with E-state index in [1.165, 1.54) is 19.3 Å². The molecule has 1 aliphatic heterocycles. The summed E-state index contributed by atoms with van der Waals surface area (Å²) in [5.41, 5.74) is 0. The maximum absolute atomic E-state index is 5.68. The smallest absolute Gasteiger partial charge is 0.0628 e. The average Bonchev–Trinajstić information content (AvgIpc) is 2.39. The van der Waals surface area contributed by atoms with Gasteiger partial charge in [-0.25, -0.2) is 0 Å². The Morgan fingerprint density at radius 3 is 2.56 bits per heavy atom. The molecule has 0 amide bonds. The lowest BCUT2D eigenvalue weighted by Gasteiger charge is -2.34. The normalized spacial score (nSPS) is 20.2. The van der Waals surface area contributed by atoms with Crippen LogP contribution in [0.2, 0.25) is 0 Å². The molecule has 108 valence electrons. The lowest BCUT2D eigenvalue weighted by atomic mass is 10.1. The topological polar surface area (TPSA) is 33.7 Å². The van der Waals surface area contributed by atoms with Gasteiger partial charge in [-0.2, -0.15) is 0 Å². The van der Waals surface area contributed by atoms with Crippen LogP contribution in [0.25, 0.3) is 0 Å². The van der Waals surface area contributed by atoms with Crippen molar-refractivity contribution >= 4 is 0 Å². The Hall–Kier alpha value is -0.160. The summed E-state index contributed by atoms with van der Waals surface area (Å²) >= 11 is 0. The van der Waals surface area contributed by atoms with E-state index in [4.69, 9.17) is 9.47 Å². The fourth-order valence-electron chi connectivity index (χ4n) is 2.53. The van der Waals surface area contributed by atoms with Crippen LogP contribution in [0.3, 0.4) is 0 Å². The van der Waals surface area contributed by atoms with E-state index in [2.05, 4.69) is 24.1 Å². The second-order valence-corrected chi connectivity index (χ2v) is 5.06. The van der Waals surface area contributed by atoms with Crippen molar-refractivity contribution in [2.75, 3.05) is 46.5 Å². The summed E-state index contributed by atoms with van der Waals surface area (Å²) in [5, 5.41) is 3.56. The Labute approximate surface area is 112 Å². The van der Waals surface area contributed by atoms with Crippen LogP contribution >= 0.6 is 0 Å². The molecule has 4 nitrogen and oxygen atoms in total. The highest BCUT2D eigenvalue weighted by atomic mass is 16.5. The predicted molar refractivity (Wildman–Crippen MR) is 75.0 cm³/mol. The van der Waals surface area contributed by atoms with Gasteiger partial charge in [0.15, 0.2) is 0 Å². The van der Waals surface area contributed by atoms with Crippen LogP contribution in [0.1, 0.15) is 33.1 Å². The third-order valence-corrected chi connectivity index (χ3v) is 3.47. The minimum Gasteiger partial charge on any atom is -0.383 e. The second kappa shape index (κ2) is 9.73. The minimum absolute atomic E-state index is 0.457. The first-order chi connectivity index (χ1) is 8.80. The minimum atomic E-state index is 0.457. The molecule has 0 aromatic rings. The number of hydrogen-bond acceptors (Lipinski definition) is 4. The third-order valence-electron chi connectivity index (χ3n) is 3.47. The summed E-state index contributed by atoms with van der Waals surface area (Å²) in [5.74, 6) is 0. The molecule has 18 heavy (non-hydrogen) atoms. The number of rotatable bonds is 9. The van der Waals surface area contributed by atoms with Crippen LogP contribution in [0.5, 0.6) is 0 Å². The van der Waals surface area contributed by atoms with E-state index in [1.54, 1.807) is 7.11 Å². The highest BCUT2D eigenvalue weighted by Crippen LogP contribution is 2.13. The van der Waals surface area contributed by atoms with Gasteiger partial charge in [0.2, 0.25) is 0 Å². The van der Waals surface area contributed by atoms with Crippen molar-refractivity contribution in [1.29, 1.82) is 0 Å². The van der Waals surface area contributed by atoms with Crippen LogP contribution < -0.4 is 5.32 Å². The van der Waals surface area contributed by atoms with Gasteiger partial charge in [-0.3, -0.25) is 0 Å². The lowest BCUT2D eigenvalue weighted by Crippen LogP contribution is -2.47. The fraction of sp³-hybridized carbons (Fsp3) is 1.00. The molecule has 1 rings (SSSR count). The van der Waals surface area contributed by atoms with Crippen LogP contribution in [-0.4, -0.2) is 63.5 Å². The van der Waals surface area contributed by atoms with E-state index in [-0.39, 0.29) is 0 Å². The fourth-order valence-corrected chi connectivity index (χ4v) is 2.53. The summed E-state index contributed by atoms with van der Waals surface area (Å²) in [6.07, 6.45) is 3.99. The van der Waals surface area contributed by atoms with Gasteiger partial charge in [0, 0.05) is 39.4 Å². The molecular formula is C14H30N2O2. The van der Waals surface area contributed by atoms with Gasteiger partial charge in [-0.05, 0) is 32.7 Å². The van der Waals surface area contributed by atoms with Crippen molar-refractivity contribution in [3.63, 3.8) is 0 Å². The van der Waals surface area contributed by atoms with E-state index in [9.17, 15) is 0 Å². The molecule has 0 saturated carbocycles. The number of likely N-dealkylation sites (tertiary alicyclic amines) is 1. The van der Waals surface area contributed by atoms with Gasteiger partial charge in [0.25, 0.3) is 0 Å². The molecule has 1 heterocycles. The zero-order valence-electron chi connectivity index (χ0n) is 12.3. The van der Waals surface area contributed by atoms with Crippen molar-refractivity contribution in [1.82, 2.24) is 10.2 Å². The van der Waals surface area contributed by atoms with E-state index in [0.717, 1.165) is 39.4 Å². The van der Waals surface area contributed by atoms with Gasteiger partial charge in [0.1, 0.15) is 0 Å². The second-order valence-electron chi connectivity index (χ2n) is 5.06. The molecular weight excluding hydrogens is 228 g/mol. The van der Waals surface area contributed by atoms with Crippen molar-refractivity contribution in [2.24, 2.45) is 0 Å². The molecule has 0 aliphatic carbocycles. The maximum atomic E-state index is 5.68. The molecule has 0 aromatic heterocycles. The standard InChI is InChI=1S/C14H30N2O2/c1-4-8-15-13(12-17-3)11-16-9-6-14(7-10-16)18-5-2/h13-15H,4-12H2,1-3H3. The van der Waals surface area contributed by atoms with E-state index in [1.807, 2.05) is 0 Å². The largest absolute Gasteiger partial charge is 0.383 e. The van der Waals surface area contributed by atoms with Crippen molar-refractivity contribution in [3.8, 4) is 0 Å². The SMILES string of the molecule is CCCNC(COC)CN1CCC(OCC)CC1.